The first-order valence-electron chi connectivity index (χ1n) is 17.8. The van der Waals surface area contributed by atoms with Gasteiger partial charge >= 0.3 is 7.12 Å². The molecule has 0 fully saturated rings. The Morgan fingerprint density at radius 3 is 2.00 bits per heavy atom. The summed E-state index contributed by atoms with van der Waals surface area (Å²) in [5.74, 6) is 1.34. The maximum atomic E-state index is 12.7. The van der Waals surface area contributed by atoms with Gasteiger partial charge in [0.1, 0.15) is 19.1 Å². The fourth-order valence-corrected chi connectivity index (χ4v) is 6.31. The monoisotopic (exact) mass is 713 g/mol. The van der Waals surface area contributed by atoms with Crippen molar-refractivity contribution in [2.75, 3.05) is 11.9 Å². The molecule has 1 heterocycles. The van der Waals surface area contributed by atoms with Crippen LogP contribution in [0.1, 0.15) is 25.3 Å². The Morgan fingerprint density at radius 1 is 0.808 bits per heavy atom. The molecule has 1 aromatic heterocycles. The molecule has 3 N–H and O–H groups in total. The van der Waals surface area contributed by atoms with Gasteiger partial charge in [0.05, 0.1) is 5.52 Å². The molecule has 10 heteroatoms. The van der Waals surface area contributed by atoms with E-state index in [0.717, 1.165) is 56.9 Å². The SMILES string of the molecule is CCCC(=O)Nc1nn(COCC[Si](C)(C)C)c2cc(-c3ccc(OCc4ccccc4)cc3)c(-c3ccccc3)cc12.OB(O)c1ccccc1. The van der Waals surface area contributed by atoms with Crippen LogP contribution in [0.5, 0.6) is 5.75 Å². The van der Waals surface area contributed by atoms with E-state index in [1.807, 2.05) is 66.2 Å². The molecule has 0 saturated heterocycles. The predicted octanol–water partition coefficient (Wildman–Crippen LogP) is 8.37. The lowest BCUT2D eigenvalue weighted by Gasteiger charge is -2.16. The van der Waals surface area contributed by atoms with Gasteiger partial charge in [-0.2, -0.15) is 5.10 Å². The van der Waals surface area contributed by atoms with Gasteiger partial charge in [-0.05, 0) is 70.0 Å². The lowest BCUT2D eigenvalue weighted by atomic mass is 9.81. The van der Waals surface area contributed by atoms with Gasteiger partial charge in [0.15, 0.2) is 5.82 Å². The van der Waals surface area contributed by atoms with Crippen LogP contribution in [0.3, 0.4) is 0 Å². The molecule has 0 aliphatic heterocycles. The van der Waals surface area contributed by atoms with Crippen molar-refractivity contribution in [3.05, 3.63) is 133 Å². The number of rotatable bonds is 14. The lowest BCUT2D eigenvalue weighted by Crippen LogP contribution is -2.29. The van der Waals surface area contributed by atoms with Gasteiger partial charge in [-0.3, -0.25) is 4.79 Å². The van der Waals surface area contributed by atoms with E-state index in [-0.39, 0.29) is 5.91 Å². The number of nitrogens with zero attached hydrogens (tertiary/aromatic N) is 2. The summed E-state index contributed by atoms with van der Waals surface area (Å²) in [7, 11) is -2.57. The van der Waals surface area contributed by atoms with E-state index >= 15 is 0 Å². The number of hydrogen-bond donors (Lipinski definition) is 3. The summed E-state index contributed by atoms with van der Waals surface area (Å²) in [5, 5.41) is 25.9. The van der Waals surface area contributed by atoms with E-state index in [9.17, 15) is 4.79 Å². The van der Waals surface area contributed by atoms with Crippen LogP contribution in [-0.4, -0.2) is 47.5 Å². The first-order valence-corrected chi connectivity index (χ1v) is 21.5. The Labute approximate surface area is 308 Å². The largest absolute Gasteiger partial charge is 0.489 e. The van der Waals surface area contributed by atoms with Gasteiger partial charge in [0.2, 0.25) is 5.91 Å². The first kappa shape index (κ1) is 38.2. The number of anilines is 1. The predicted molar refractivity (Wildman–Crippen MR) is 215 cm³/mol. The zero-order valence-electron chi connectivity index (χ0n) is 30.5. The molecule has 0 aliphatic carbocycles. The fourth-order valence-electron chi connectivity index (χ4n) is 5.55. The zero-order valence-corrected chi connectivity index (χ0v) is 31.5. The summed E-state index contributed by atoms with van der Waals surface area (Å²) in [5.41, 5.74) is 6.87. The topological polar surface area (TPSA) is 106 Å². The molecule has 268 valence electrons. The molecule has 1 amide bonds. The molecular formula is C42H48BN3O5Si. The van der Waals surface area contributed by atoms with Crippen molar-refractivity contribution in [1.82, 2.24) is 9.78 Å². The van der Waals surface area contributed by atoms with Crippen molar-refractivity contribution in [3.63, 3.8) is 0 Å². The third-order valence-electron chi connectivity index (χ3n) is 8.43. The van der Waals surface area contributed by atoms with Crippen LogP contribution in [0, 0.1) is 0 Å². The zero-order chi connectivity index (χ0) is 36.9. The summed E-state index contributed by atoms with van der Waals surface area (Å²) >= 11 is 0. The summed E-state index contributed by atoms with van der Waals surface area (Å²) in [4.78, 5) is 12.7. The van der Waals surface area contributed by atoms with E-state index in [2.05, 4.69) is 73.5 Å². The number of carbonyl (C=O) groups is 1. The minimum absolute atomic E-state index is 0.0369. The number of aromatic nitrogens is 2. The van der Waals surface area contributed by atoms with E-state index < -0.39 is 15.2 Å². The number of ether oxygens (including phenoxy) is 2. The summed E-state index contributed by atoms with van der Waals surface area (Å²) in [6.45, 7) is 10.6. The number of nitrogens with one attached hydrogen (secondary N) is 1. The number of carbonyl (C=O) groups excluding carboxylic acids is 1. The molecule has 5 aromatic carbocycles. The molecule has 0 aliphatic rings. The van der Waals surface area contributed by atoms with Crippen LogP contribution in [0.25, 0.3) is 33.2 Å². The van der Waals surface area contributed by atoms with Crippen LogP contribution >= 0.6 is 0 Å². The average molecular weight is 714 g/mol. The van der Waals surface area contributed by atoms with Crippen LogP contribution in [0.4, 0.5) is 5.82 Å². The molecule has 0 bridgehead atoms. The van der Waals surface area contributed by atoms with Crippen LogP contribution in [-0.2, 0) is 22.9 Å². The van der Waals surface area contributed by atoms with Crippen LogP contribution in [0.2, 0.25) is 25.7 Å². The van der Waals surface area contributed by atoms with Crippen molar-refractivity contribution >= 4 is 43.3 Å². The van der Waals surface area contributed by atoms with Crippen molar-refractivity contribution in [2.24, 2.45) is 0 Å². The molecule has 6 aromatic rings. The summed E-state index contributed by atoms with van der Waals surface area (Å²) < 4.78 is 14.0. The second-order valence-corrected chi connectivity index (χ2v) is 19.5. The molecule has 0 spiro atoms. The molecule has 0 saturated carbocycles. The lowest BCUT2D eigenvalue weighted by molar-refractivity contribution is -0.116. The highest BCUT2D eigenvalue weighted by molar-refractivity contribution is 6.76. The van der Waals surface area contributed by atoms with Gasteiger partial charge in [-0.1, -0.05) is 130 Å². The van der Waals surface area contributed by atoms with Gasteiger partial charge in [0.25, 0.3) is 0 Å². The second-order valence-electron chi connectivity index (χ2n) is 13.9. The van der Waals surface area contributed by atoms with E-state index in [4.69, 9.17) is 24.6 Å². The quantitative estimate of drug-likeness (QED) is 0.0774. The summed E-state index contributed by atoms with van der Waals surface area (Å²) in [6, 6.07) is 42.8. The van der Waals surface area contributed by atoms with E-state index in [1.165, 1.54) is 0 Å². The normalized spacial score (nSPS) is 11.1. The molecular weight excluding hydrogens is 665 g/mol. The summed E-state index contributed by atoms with van der Waals surface area (Å²) in [6.07, 6.45) is 1.22. The number of fused-ring (bicyclic) bond motifs is 1. The molecule has 0 unspecified atom stereocenters. The molecule has 52 heavy (non-hydrogen) atoms. The van der Waals surface area contributed by atoms with Gasteiger partial charge < -0.3 is 24.8 Å². The average Bonchev–Trinajstić information content (AvgIpc) is 3.48. The van der Waals surface area contributed by atoms with Gasteiger partial charge in [-0.15, -0.1) is 0 Å². The highest BCUT2D eigenvalue weighted by Gasteiger charge is 2.19. The Morgan fingerprint density at radius 2 is 1.40 bits per heavy atom. The fraction of sp³-hybridized carbons (Fsp3) is 0.238. The van der Waals surface area contributed by atoms with E-state index in [1.54, 1.807) is 24.3 Å². The number of amides is 1. The van der Waals surface area contributed by atoms with Gasteiger partial charge in [0, 0.05) is 26.5 Å². The smallest absolute Gasteiger partial charge is 0.488 e. The van der Waals surface area contributed by atoms with Crippen molar-refractivity contribution < 1.29 is 24.3 Å². The highest BCUT2D eigenvalue weighted by atomic mass is 28.3. The minimum atomic E-state index is -1.34. The Hall–Kier alpha value is -5.00. The number of hydrogen-bond acceptors (Lipinski definition) is 6. The molecule has 0 radical (unpaired) electrons. The molecule has 0 atom stereocenters. The maximum Gasteiger partial charge on any atom is 0.488 e. The third-order valence-corrected chi connectivity index (χ3v) is 10.1. The minimum Gasteiger partial charge on any atom is -0.489 e. The Bertz CT molecular complexity index is 2000. The van der Waals surface area contributed by atoms with Crippen molar-refractivity contribution in [3.8, 4) is 28.0 Å². The van der Waals surface area contributed by atoms with Crippen LogP contribution in [0.15, 0.2) is 127 Å². The third kappa shape index (κ3) is 11.0. The highest BCUT2D eigenvalue weighted by Crippen LogP contribution is 2.38. The molecule has 6 rings (SSSR count). The standard InChI is InChI=1S/C36H41N3O3Si.C6H7BO2/c1-5-12-35(40)37-36-33-23-31(28-15-10-7-11-16-28)32(24-34(33)39(38-36)26-41-21-22-43(2,3)4)29-17-19-30(20-18-29)42-25-27-13-8-6-9-14-27;8-7(9)6-4-2-1-3-5-6/h6-11,13-20,23-24H,5,12,21-22,25-26H2,1-4H3,(H,37,38,40);1-5,8-9H. The van der Waals surface area contributed by atoms with Crippen LogP contribution < -0.4 is 15.5 Å². The Kier molecular flexibility index (Phi) is 13.6. The Balaban J connectivity index is 0.000000507. The molecule has 8 nitrogen and oxygen atoms in total. The number of benzene rings is 5. The van der Waals surface area contributed by atoms with Gasteiger partial charge in [-0.25, -0.2) is 4.68 Å². The van der Waals surface area contributed by atoms with Crippen molar-refractivity contribution in [2.45, 2.75) is 58.8 Å². The van der Waals surface area contributed by atoms with Crippen molar-refractivity contribution in [1.29, 1.82) is 0 Å². The maximum absolute atomic E-state index is 12.7. The second kappa shape index (κ2) is 18.5. The first-order chi connectivity index (χ1) is 25.1. The van der Waals surface area contributed by atoms with E-state index in [0.29, 0.717) is 37.6 Å².